The van der Waals surface area contributed by atoms with Crippen LogP contribution in [-0.4, -0.2) is 34.1 Å². The number of likely N-dealkylation sites (tertiary alicyclic amines) is 1. The largest absolute Gasteiger partial charge is 0.385 e. The maximum atomic E-state index is 10.1. The first-order valence-electron chi connectivity index (χ1n) is 7.31. The lowest BCUT2D eigenvalue weighted by Gasteiger charge is -2.33. The number of thiazole rings is 1. The molecular weight excluding hydrogens is 256 g/mol. The third-order valence-electron chi connectivity index (χ3n) is 3.95. The maximum Gasteiger partial charge on any atom is 0.0950 e. The molecule has 0 radical (unpaired) electrons. The van der Waals surface area contributed by atoms with Gasteiger partial charge >= 0.3 is 0 Å². The van der Waals surface area contributed by atoms with Crippen molar-refractivity contribution in [2.75, 3.05) is 13.1 Å². The Morgan fingerprint density at radius 1 is 1.42 bits per heavy atom. The van der Waals surface area contributed by atoms with Gasteiger partial charge in [0.1, 0.15) is 0 Å². The topological polar surface area (TPSA) is 36.4 Å². The Kier molecular flexibility index (Phi) is 4.64. The SMILES string of the molecule is Cc1nc(CCN2CCCCC2C)sc1C(C)(C)O. The minimum Gasteiger partial charge on any atom is -0.385 e. The predicted octanol–water partition coefficient (Wildman–Crippen LogP) is 3.10. The molecule has 1 aliphatic rings. The van der Waals surface area contributed by atoms with Crippen LogP contribution in [0.5, 0.6) is 0 Å². The highest BCUT2D eigenvalue weighted by atomic mass is 32.1. The molecule has 1 fully saturated rings. The van der Waals surface area contributed by atoms with Crippen LogP contribution in [0.3, 0.4) is 0 Å². The minimum atomic E-state index is -0.765. The van der Waals surface area contributed by atoms with Crippen LogP contribution in [-0.2, 0) is 12.0 Å². The van der Waals surface area contributed by atoms with Crippen molar-refractivity contribution in [1.29, 1.82) is 0 Å². The molecular formula is C15H26N2OS. The number of nitrogens with zero attached hydrogens (tertiary/aromatic N) is 2. The number of hydrogen-bond acceptors (Lipinski definition) is 4. The van der Waals surface area contributed by atoms with E-state index < -0.39 is 5.60 Å². The summed E-state index contributed by atoms with van der Waals surface area (Å²) in [4.78, 5) is 8.20. The van der Waals surface area contributed by atoms with Gasteiger partial charge in [-0.25, -0.2) is 4.98 Å². The van der Waals surface area contributed by atoms with E-state index in [2.05, 4.69) is 16.8 Å². The van der Waals surface area contributed by atoms with E-state index in [1.54, 1.807) is 11.3 Å². The summed E-state index contributed by atoms with van der Waals surface area (Å²) in [6.45, 7) is 10.3. The third-order valence-corrected chi connectivity index (χ3v) is 5.48. The molecule has 2 rings (SSSR count). The molecule has 0 saturated carbocycles. The second kappa shape index (κ2) is 5.90. The fourth-order valence-corrected chi connectivity index (χ4v) is 3.91. The van der Waals surface area contributed by atoms with E-state index in [9.17, 15) is 5.11 Å². The van der Waals surface area contributed by atoms with E-state index in [-0.39, 0.29) is 0 Å². The first kappa shape index (κ1) is 14.9. The van der Waals surface area contributed by atoms with Crippen LogP contribution in [0.1, 0.15) is 55.6 Å². The monoisotopic (exact) mass is 282 g/mol. The summed E-state index contributed by atoms with van der Waals surface area (Å²) >= 11 is 1.67. The molecule has 19 heavy (non-hydrogen) atoms. The van der Waals surface area contributed by atoms with Crippen LogP contribution in [0.25, 0.3) is 0 Å². The Morgan fingerprint density at radius 2 is 2.16 bits per heavy atom. The molecule has 2 heterocycles. The van der Waals surface area contributed by atoms with Crippen molar-refractivity contribution in [2.24, 2.45) is 0 Å². The molecule has 0 bridgehead atoms. The summed E-state index contributed by atoms with van der Waals surface area (Å²) in [7, 11) is 0. The van der Waals surface area contributed by atoms with Gasteiger partial charge in [0.2, 0.25) is 0 Å². The standard InChI is InChI=1S/C15H26N2OS/c1-11-7-5-6-9-17(11)10-8-13-16-12(2)14(19-13)15(3,4)18/h11,18H,5-10H2,1-4H3. The average Bonchev–Trinajstić information content (AvgIpc) is 2.69. The number of piperidine rings is 1. The van der Waals surface area contributed by atoms with Gasteiger partial charge in [-0.1, -0.05) is 6.42 Å². The normalized spacial score (nSPS) is 21.8. The number of hydrogen-bond donors (Lipinski definition) is 1. The van der Waals surface area contributed by atoms with Crippen molar-refractivity contribution in [3.8, 4) is 0 Å². The van der Waals surface area contributed by atoms with E-state index >= 15 is 0 Å². The van der Waals surface area contributed by atoms with Crippen molar-refractivity contribution in [3.05, 3.63) is 15.6 Å². The van der Waals surface area contributed by atoms with Gasteiger partial charge in [0, 0.05) is 19.0 Å². The number of aromatic nitrogens is 1. The third kappa shape index (κ3) is 3.77. The van der Waals surface area contributed by atoms with Crippen LogP contribution in [0.4, 0.5) is 0 Å². The molecule has 1 aromatic rings. The highest BCUT2D eigenvalue weighted by molar-refractivity contribution is 7.11. The average molecular weight is 282 g/mol. The molecule has 0 aliphatic carbocycles. The van der Waals surface area contributed by atoms with Crippen LogP contribution in [0.15, 0.2) is 0 Å². The zero-order chi connectivity index (χ0) is 14.0. The number of aliphatic hydroxyl groups is 1. The van der Waals surface area contributed by atoms with E-state index in [0.29, 0.717) is 6.04 Å². The summed E-state index contributed by atoms with van der Waals surface area (Å²) < 4.78 is 0. The molecule has 0 aromatic carbocycles. The Balaban J connectivity index is 1.96. The first-order valence-corrected chi connectivity index (χ1v) is 8.13. The lowest BCUT2D eigenvalue weighted by molar-refractivity contribution is 0.0817. The minimum absolute atomic E-state index is 0.712. The van der Waals surface area contributed by atoms with E-state index in [0.717, 1.165) is 28.5 Å². The maximum absolute atomic E-state index is 10.1. The van der Waals surface area contributed by atoms with Crippen LogP contribution >= 0.6 is 11.3 Å². The molecule has 4 heteroatoms. The zero-order valence-electron chi connectivity index (χ0n) is 12.6. The second-order valence-corrected chi connectivity index (χ2v) is 7.30. The molecule has 1 aromatic heterocycles. The lowest BCUT2D eigenvalue weighted by Crippen LogP contribution is -2.38. The Bertz CT molecular complexity index is 422. The molecule has 1 unspecified atom stereocenters. The summed E-state index contributed by atoms with van der Waals surface area (Å²) in [5.74, 6) is 0. The predicted molar refractivity (Wildman–Crippen MR) is 80.7 cm³/mol. The van der Waals surface area contributed by atoms with Crippen LogP contribution < -0.4 is 0 Å². The highest BCUT2D eigenvalue weighted by Crippen LogP contribution is 2.30. The van der Waals surface area contributed by atoms with Crippen molar-refractivity contribution < 1.29 is 5.11 Å². The Hall–Kier alpha value is -0.450. The van der Waals surface area contributed by atoms with Crippen LogP contribution in [0.2, 0.25) is 0 Å². The summed E-state index contributed by atoms with van der Waals surface area (Å²) in [6.07, 6.45) is 5.03. The Morgan fingerprint density at radius 3 is 2.74 bits per heavy atom. The summed E-state index contributed by atoms with van der Waals surface area (Å²) in [6, 6.07) is 0.712. The van der Waals surface area contributed by atoms with Crippen LogP contribution in [0, 0.1) is 6.92 Å². The van der Waals surface area contributed by atoms with Gasteiger partial charge in [-0.2, -0.15) is 0 Å². The van der Waals surface area contributed by atoms with Gasteiger partial charge < -0.3 is 10.0 Å². The molecule has 1 atom stereocenters. The van der Waals surface area contributed by atoms with E-state index in [1.807, 2.05) is 20.8 Å². The summed E-state index contributed by atoms with van der Waals surface area (Å²) in [5, 5.41) is 11.3. The molecule has 1 saturated heterocycles. The quantitative estimate of drug-likeness (QED) is 0.922. The molecule has 0 spiro atoms. The Labute approximate surface area is 120 Å². The van der Waals surface area contributed by atoms with Gasteiger partial charge in [0.25, 0.3) is 0 Å². The van der Waals surface area contributed by atoms with Gasteiger partial charge in [-0.05, 0) is 47.1 Å². The zero-order valence-corrected chi connectivity index (χ0v) is 13.4. The first-order chi connectivity index (χ1) is 8.88. The van der Waals surface area contributed by atoms with E-state index in [4.69, 9.17) is 0 Å². The molecule has 1 aliphatic heterocycles. The molecule has 1 N–H and O–H groups in total. The summed E-state index contributed by atoms with van der Waals surface area (Å²) in [5.41, 5.74) is 0.220. The van der Waals surface area contributed by atoms with Crippen molar-refractivity contribution in [2.45, 2.75) is 65.0 Å². The van der Waals surface area contributed by atoms with Crippen molar-refractivity contribution in [1.82, 2.24) is 9.88 Å². The van der Waals surface area contributed by atoms with Gasteiger partial charge in [-0.15, -0.1) is 11.3 Å². The number of aryl methyl sites for hydroxylation is 1. The van der Waals surface area contributed by atoms with Gasteiger partial charge in [0.15, 0.2) is 0 Å². The molecule has 0 amide bonds. The van der Waals surface area contributed by atoms with Gasteiger partial charge in [-0.3, -0.25) is 0 Å². The highest BCUT2D eigenvalue weighted by Gasteiger charge is 2.23. The number of rotatable bonds is 4. The second-order valence-electron chi connectivity index (χ2n) is 6.21. The van der Waals surface area contributed by atoms with Crippen molar-refractivity contribution in [3.63, 3.8) is 0 Å². The fourth-order valence-electron chi connectivity index (χ4n) is 2.86. The van der Waals surface area contributed by atoms with Gasteiger partial charge in [0.05, 0.1) is 21.2 Å². The lowest BCUT2D eigenvalue weighted by atomic mass is 10.0. The fraction of sp³-hybridized carbons (Fsp3) is 0.800. The van der Waals surface area contributed by atoms with E-state index in [1.165, 1.54) is 25.8 Å². The molecule has 3 nitrogen and oxygen atoms in total. The molecule has 108 valence electrons. The smallest absolute Gasteiger partial charge is 0.0950 e. The van der Waals surface area contributed by atoms with Crippen molar-refractivity contribution >= 4 is 11.3 Å².